The van der Waals surface area contributed by atoms with Gasteiger partial charge in [0.15, 0.2) is 11.5 Å². The molecular formula is C35H36ClNO6. The second-order valence-electron chi connectivity index (χ2n) is 11.0. The summed E-state index contributed by atoms with van der Waals surface area (Å²) in [4.78, 5) is 15.7. The summed E-state index contributed by atoms with van der Waals surface area (Å²) in [6, 6.07) is 23.7. The Morgan fingerprint density at radius 1 is 0.837 bits per heavy atom. The van der Waals surface area contributed by atoms with Crippen molar-refractivity contribution in [2.24, 2.45) is 0 Å². The summed E-state index contributed by atoms with van der Waals surface area (Å²) in [6.45, 7) is 5.64. The third-order valence-electron chi connectivity index (χ3n) is 7.76. The summed E-state index contributed by atoms with van der Waals surface area (Å²) in [5.74, 6) is 2.29. The fourth-order valence-electron chi connectivity index (χ4n) is 5.53. The lowest BCUT2D eigenvalue weighted by atomic mass is 9.85. The highest BCUT2D eigenvalue weighted by atomic mass is 35.5. The number of hydrogen-bond donors (Lipinski definition) is 1. The molecule has 0 fully saturated rings. The third-order valence-corrected chi connectivity index (χ3v) is 8.01. The van der Waals surface area contributed by atoms with Gasteiger partial charge in [0.1, 0.15) is 17.1 Å². The van der Waals surface area contributed by atoms with E-state index in [1.807, 2.05) is 74.5 Å². The van der Waals surface area contributed by atoms with Gasteiger partial charge in [-0.25, -0.2) is 0 Å². The highest BCUT2D eigenvalue weighted by Crippen LogP contribution is 2.44. The van der Waals surface area contributed by atoms with Crippen molar-refractivity contribution in [2.75, 3.05) is 26.2 Å². The van der Waals surface area contributed by atoms with Crippen molar-refractivity contribution >= 4 is 23.2 Å². The van der Waals surface area contributed by atoms with Gasteiger partial charge in [0, 0.05) is 16.8 Å². The van der Waals surface area contributed by atoms with E-state index in [9.17, 15) is 9.90 Å². The molecule has 4 aromatic rings. The molecule has 0 spiro atoms. The zero-order valence-electron chi connectivity index (χ0n) is 25.2. The third kappa shape index (κ3) is 6.01. The van der Waals surface area contributed by atoms with Crippen LogP contribution in [0.1, 0.15) is 54.6 Å². The van der Waals surface area contributed by atoms with E-state index in [2.05, 4.69) is 0 Å². The van der Waals surface area contributed by atoms with Gasteiger partial charge in [0.05, 0.1) is 39.9 Å². The first-order chi connectivity index (χ1) is 20.5. The maximum absolute atomic E-state index is 13.9. The number of hydrogen-bond acceptors (Lipinski definition) is 6. The van der Waals surface area contributed by atoms with E-state index in [1.54, 1.807) is 51.4 Å². The molecule has 0 aliphatic carbocycles. The lowest BCUT2D eigenvalue weighted by Crippen LogP contribution is -2.41. The van der Waals surface area contributed by atoms with Crippen LogP contribution in [0.2, 0.25) is 5.02 Å². The van der Waals surface area contributed by atoms with Crippen LogP contribution in [0.15, 0.2) is 78.9 Å². The lowest BCUT2D eigenvalue weighted by Gasteiger charge is -2.38. The average Bonchev–Trinajstić information content (AvgIpc) is 3.00. The molecule has 1 amide bonds. The molecule has 0 saturated heterocycles. The van der Waals surface area contributed by atoms with Crippen LogP contribution in [0.4, 0.5) is 5.69 Å². The topological polar surface area (TPSA) is 77.5 Å². The van der Waals surface area contributed by atoms with E-state index in [0.717, 1.165) is 16.7 Å². The number of aliphatic hydroxyl groups is 1. The molecule has 0 saturated carbocycles. The summed E-state index contributed by atoms with van der Waals surface area (Å²) < 4.78 is 22.6. The first-order valence-corrected chi connectivity index (χ1v) is 14.4. The highest BCUT2D eigenvalue weighted by molar-refractivity contribution is 6.30. The van der Waals surface area contributed by atoms with Crippen LogP contribution in [-0.4, -0.2) is 38.4 Å². The Bertz CT molecular complexity index is 1590. The standard InChI is InChI=1S/C35H36ClNO6/c1-21(2)43-32-20-30-23(15-31(32)42-6)16-33(38)37(34(30)22-7-11-26(36)12-8-22)27-13-9-24(10-14-27)35(3,39)25-17-28(40-4)19-29(18-25)41-5/h7-15,17-21,34,39H,16H2,1-6H3/t34-,35?/m0/s1. The predicted molar refractivity (Wildman–Crippen MR) is 168 cm³/mol. The molecule has 1 aliphatic heterocycles. The maximum atomic E-state index is 13.9. The van der Waals surface area contributed by atoms with Crippen molar-refractivity contribution in [3.63, 3.8) is 0 Å². The number of methoxy groups -OCH3 is 3. The number of halogens is 1. The summed E-state index contributed by atoms with van der Waals surface area (Å²) >= 11 is 6.25. The molecule has 1 aliphatic rings. The van der Waals surface area contributed by atoms with Crippen molar-refractivity contribution in [1.82, 2.24) is 0 Å². The van der Waals surface area contributed by atoms with Crippen molar-refractivity contribution < 1.29 is 28.8 Å². The van der Waals surface area contributed by atoms with E-state index in [4.69, 9.17) is 30.5 Å². The fourth-order valence-corrected chi connectivity index (χ4v) is 5.66. The first kappa shape index (κ1) is 30.3. The van der Waals surface area contributed by atoms with Gasteiger partial charge in [0.25, 0.3) is 0 Å². The summed E-state index contributed by atoms with van der Waals surface area (Å²) in [5.41, 5.74) is 3.33. The smallest absolute Gasteiger partial charge is 0.232 e. The van der Waals surface area contributed by atoms with Gasteiger partial charge in [-0.1, -0.05) is 35.9 Å². The largest absolute Gasteiger partial charge is 0.497 e. The minimum atomic E-state index is -1.35. The van der Waals surface area contributed by atoms with Crippen LogP contribution in [-0.2, 0) is 16.8 Å². The fraction of sp³-hybridized carbons (Fsp3) is 0.286. The van der Waals surface area contributed by atoms with Gasteiger partial charge < -0.3 is 29.0 Å². The van der Waals surface area contributed by atoms with E-state index >= 15 is 0 Å². The molecule has 0 bridgehead atoms. The zero-order valence-corrected chi connectivity index (χ0v) is 25.9. The minimum Gasteiger partial charge on any atom is -0.497 e. The number of ether oxygens (including phenoxy) is 4. The Balaban J connectivity index is 1.59. The monoisotopic (exact) mass is 601 g/mol. The van der Waals surface area contributed by atoms with Gasteiger partial charge in [-0.2, -0.15) is 0 Å². The second-order valence-corrected chi connectivity index (χ2v) is 11.4. The second kappa shape index (κ2) is 12.2. The van der Waals surface area contributed by atoms with Crippen molar-refractivity contribution in [3.05, 3.63) is 112 Å². The number of anilines is 1. The molecule has 1 unspecified atom stereocenters. The molecule has 7 nitrogen and oxygen atoms in total. The number of amides is 1. The van der Waals surface area contributed by atoms with E-state index in [-0.39, 0.29) is 18.4 Å². The molecule has 43 heavy (non-hydrogen) atoms. The quantitative estimate of drug-likeness (QED) is 0.221. The summed E-state index contributed by atoms with van der Waals surface area (Å²) in [6.07, 6.45) is 0.132. The van der Waals surface area contributed by atoms with Crippen LogP contribution in [0.25, 0.3) is 0 Å². The molecule has 5 rings (SSSR count). The molecule has 2 atom stereocenters. The number of benzene rings is 4. The van der Waals surface area contributed by atoms with Crippen LogP contribution in [0, 0.1) is 0 Å². The maximum Gasteiger partial charge on any atom is 0.232 e. The number of nitrogens with zero attached hydrogens (tertiary/aromatic N) is 1. The Kier molecular flexibility index (Phi) is 8.58. The Morgan fingerprint density at radius 3 is 2.02 bits per heavy atom. The molecule has 0 aromatic heterocycles. The van der Waals surface area contributed by atoms with E-state index in [0.29, 0.717) is 44.8 Å². The molecule has 4 aromatic carbocycles. The van der Waals surface area contributed by atoms with Gasteiger partial charge in [0.2, 0.25) is 5.91 Å². The highest BCUT2D eigenvalue weighted by Gasteiger charge is 2.36. The Labute approximate surface area is 257 Å². The van der Waals surface area contributed by atoms with Gasteiger partial charge in [-0.15, -0.1) is 0 Å². The number of fused-ring (bicyclic) bond motifs is 1. The molecule has 1 N–H and O–H groups in total. The number of rotatable bonds is 9. The number of carbonyl (C=O) groups excluding carboxylic acids is 1. The van der Waals surface area contributed by atoms with Crippen molar-refractivity contribution in [1.29, 1.82) is 0 Å². The van der Waals surface area contributed by atoms with Gasteiger partial charge in [-0.3, -0.25) is 4.79 Å². The zero-order chi connectivity index (χ0) is 30.9. The number of carbonyl (C=O) groups is 1. The van der Waals surface area contributed by atoms with Crippen LogP contribution in [0.3, 0.4) is 0 Å². The molecular weight excluding hydrogens is 566 g/mol. The van der Waals surface area contributed by atoms with Crippen molar-refractivity contribution in [3.8, 4) is 23.0 Å². The Hall–Kier alpha value is -4.20. The summed E-state index contributed by atoms with van der Waals surface area (Å²) in [7, 11) is 4.74. The van der Waals surface area contributed by atoms with Crippen LogP contribution in [0.5, 0.6) is 23.0 Å². The Morgan fingerprint density at radius 2 is 1.47 bits per heavy atom. The SMILES string of the molecule is COc1cc(OC)cc(C(C)(O)c2ccc(N3C(=O)Cc4cc(OC)c(OC(C)C)cc4[C@@H]3c3ccc(Cl)cc3)cc2)c1. The minimum absolute atomic E-state index is 0.0628. The van der Waals surface area contributed by atoms with E-state index in [1.165, 1.54) is 0 Å². The van der Waals surface area contributed by atoms with E-state index < -0.39 is 11.6 Å². The van der Waals surface area contributed by atoms with Crippen LogP contribution < -0.4 is 23.8 Å². The normalized spacial score (nSPS) is 16.0. The molecule has 1 heterocycles. The van der Waals surface area contributed by atoms with Crippen LogP contribution >= 0.6 is 11.6 Å². The van der Waals surface area contributed by atoms with Gasteiger partial charge >= 0.3 is 0 Å². The average molecular weight is 602 g/mol. The summed E-state index contributed by atoms with van der Waals surface area (Å²) in [5, 5.41) is 12.3. The molecule has 0 radical (unpaired) electrons. The first-order valence-electron chi connectivity index (χ1n) is 14.1. The molecule has 8 heteroatoms. The predicted octanol–water partition coefficient (Wildman–Crippen LogP) is 7.09. The van der Waals surface area contributed by atoms with Gasteiger partial charge in [-0.05, 0) is 97.1 Å². The molecule has 224 valence electrons. The lowest BCUT2D eigenvalue weighted by molar-refractivity contribution is -0.118. The van der Waals surface area contributed by atoms with Crippen molar-refractivity contribution in [2.45, 2.75) is 44.9 Å².